The number of carbonyl (C=O) groups is 2. The molecule has 0 aromatic rings. The summed E-state index contributed by atoms with van der Waals surface area (Å²) in [5.74, 6) is 0.0688. The van der Waals surface area contributed by atoms with E-state index in [-0.39, 0.29) is 22.9 Å². The second-order valence-corrected chi connectivity index (χ2v) is 6.81. The summed E-state index contributed by atoms with van der Waals surface area (Å²) in [6.07, 6.45) is 7.06. The molecule has 0 radical (unpaired) electrons. The van der Waals surface area contributed by atoms with Crippen LogP contribution in [0.1, 0.15) is 60.3 Å². The van der Waals surface area contributed by atoms with Gasteiger partial charge in [-0.15, -0.1) is 0 Å². The molecule has 1 aliphatic carbocycles. The third kappa shape index (κ3) is 4.48. The first kappa shape index (κ1) is 15.9. The van der Waals surface area contributed by atoms with Crippen molar-refractivity contribution in [2.24, 2.45) is 10.8 Å². The molecule has 2 unspecified atom stereocenters. The molecule has 2 atom stereocenters. The number of esters is 1. The maximum Gasteiger partial charge on any atom is 0.303 e. The number of ether oxygens (including phenoxy) is 1. The summed E-state index contributed by atoms with van der Waals surface area (Å²) in [6, 6.07) is 0. The molecule has 0 amide bonds. The Hall–Kier alpha value is -1.12. The fraction of sp³-hybridized carbons (Fsp3) is 0.750. The number of carbonyl (C=O) groups excluding carboxylic acids is 2. The molecule has 0 saturated carbocycles. The van der Waals surface area contributed by atoms with Crippen LogP contribution in [0.2, 0.25) is 0 Å². The van der Waals surface area contributed by atoms with Gasteiger partial charge >= 0.3 is 5.97 Å². The van der Waals surface area contributed by atoms with Gasteiger partial charge in [-0.05, 0) is 31.8 Å². The minimum absolute atomic E-state index is 0.133. The molecule has 1 rings (SSSR count). The van der Waals surface area contributed by atoms with Gasteiger partial charge < -0.3 is 4.74 Å². The molecule has 0 N–H and O–H groups in total. The van der Waals surface area contributed by atoms with Gasteiger partial charge in [-0.1, -0.05) is 33.8 Å². The third-order valence-corrected chi connectivity index (χ3v) is 3.68. The van der Waals surface area contributed by atoms with Crippen LogP contribution in [0, 0.1) is 10.8 Å². The minimum Gasteiger partial charge on any atom is -0.458 e. The quantitative estimate of drug-likeness (QED) is 0.566. The number of rotatable bonds is 2. The highest BCUT2D eigenvalue weighted by molar-refractivity contribution is 5.89. The third-order valence-electron chi connectivity index (χ3n) is 3.68. The summed E-state index contributed by atoms with van der Waals surface area (Å²) >= 11 is 0. The molecule has 0 aromatic carbocycles. The molecular formula is C16H26O3. The Labute approximate surface area is 116 Å². The van der Waals surface area contributed by atoms with E-state index in [1.165, 1.54) is 6.92 Å². The average Bonchev–Trinajstić information content (AvgIpc) is 2.23. The van der Waals surface area contributed by atoms with E-state index < -0.39 is 0 Å². The lowest BCUT2D eigenvalue weighted by Gasteiger charge is -2.35. The zero-order chi connectivity index (χ0) is 14.7. The van der Waals surface area contributed by atoms with Crippen LogP contribution in [0.4, 0.5) is 0 Å². The monoisotopic (exact) mass is 266 g/mol. The van der Waals surface area contributed by atoms with E-state index in [4.69, 9.17) is 4.74 Å². The molecule has 0 aromatic heterocycles. The summed E-state index contributed by atoms with van der Waals surface area (Å²) in [5, 5.41) is 0. The molecule has 3 nitrogen and oxygen atoms in total. The Morgan fingerprint density at radius 2 is 1.95 bits per heavy atom. The van der Waals surface area contributed by atoms with Crippen LogP contribution < -0.4 is 0 Å². The molecule has 0 spiro atoms. The molecule has 1 aliphatic rings. The Bertz CT molecular complexity index is 376. The number of ketones is 1. The Kier molecular flexibility index (Phi) is 4.94. The Balaban J connectivity index is 2.77. The van der Waals surface area contributed by atoms with Crippen molar-refractivity contribution in [3.63, 3.8) is 0 Å². The summed E-state index contributed by atoms with van der Waals surface area (Å²) in [7, 11) is 0. The van der Waals surface area contributed by atoms with Gasteiger partial charge in [0.25, 0.3) is 0 Å². The van der Waals surface area contributed by atoms with Gasteiger partial charge in [0.05, 0.1) is 0 Å². The van der Waals surface area contributed by atoms with Gasteiger partial charge in [-0.3, -0.25) is 9.59 Å². The van der Waals surface area contributed by atoms with E-state index in [9.17, 15) is 9.59 Å². The first-order chi connectivity index (χ1) is 8.65. The van der Waals surface area contributed by atoms with E-state index in [2.05, 4.69) is 6.92 Å². The van der Waals surface area contributed by atoms with Crippen molar-refractivity contribution in [1.29, 1.82) is 0 Å². The van der Waals surface area contributed by atoms with E-state index >= 15 is 0 Å². The van der Waals surface area contributed by atoms with Crippen LogP contribution in [0.25, 0.3) is 0 Å². The molecule has 0 aliphatic heterocycles. The second-order valence-electron chi connectivity index (χ2n) is 6.81. The fourth-order valence-corrected chi connectivity index (χ4v) is 2.79. The summed E-state index contributed by atoms with van der Waals surface area (Å²) < 4.78 is 5.21. The van der Waals surface area contributed by atoms with Crippen molar-refractivity contribution >= 4 is 11.8 Å². The molecule has 3 heteroatoms. The molecule has 0 saturated heterocycles. The van der Waals surface area contributed by atoms with Crippen molar-refractivity contribution < 1.29 is 14.3 Å². The van der Waals surface area contributed by atoms with Crippen LogP contribution in [0.5, 0.6) is 0 Å². The van der Waals surface area contributed by atoms with Crippen molar-refractivity contribution in [1.82, 2.24) is 0 Å². The predicted octanol–water partition coefficient (Wildman–Crippen LogP) is 3.67. The van der Waals surface area contributed by atoms with E-state index in [1.54, 1.807) is 0 Å². The topological polar surface area (TPSA) is 43.4 Å². The maximum atomic E-state index is 12.5. The second kappa shape index (κ2) is 5.89. The number of hydrogen-bond acceptors (Lipinski definition) is 3. The van der Waals surface area contributed by atoms with Gasteiger partial charge in [0.15, 0.2) is 0 Å². The van der Waals surface area contributed by atoms with Crippen LogP contribution >= 0.6 is 0 Å². The standard InChI is InChI=1S/C16H26O3/c1-12(17)19-13-8-6-10-16(5,11-7-9-13)14(18)15(2,3)4/h6,8,13H,7,9-11H2,1-5H3/b8-6+. The smallest absolute Gasteiger partial charge is 0.303 e. The fourth-order valence-electron chi connectivity index (χ4n) is 2.79. The number of allylic oxidation sites excluding steroid dienone is 1. The molecule has 108 valence electrons. The lowest BCUT2D eigenvalue weighted by Crippen LogP contribution is -2.37. The number of hydrogen-bond donors (Lipinski definition) is 0. The van der Waals surface area contributed by atoms with E-state index in [1.807, 2.05) is 32.9 Å². The summed E-state index contributed by atoms with van der Waals surface area (Å²) in [6.45, 7) is 9.41. The normalized spacial score (nSPS) is 30.1. The highest BCUT2D eigenvalue weighted by atomic mass is 16.5. The van der Waals surface area contributed by atoms with Gasteiger partial charge in [-0.2, -0.15) is 0 Å². The van der Waals surface area contributed by atoms with Gasteiger partial charge in [0.1, 0.15) is 11.9 Å². The highest BCUT2D eigenvalue weighted by Crippen LogP contribution is 2.38. The van der Waals surface area contributed by atoms with E-state index in [0.29, 0.717) is 5.78 Å². The zero-order valence-corrected chi connectivity index (χ0v) is 12.8. The van der Waals surface area contributed by atoms with Crippen LogP contribution in [0.3, 0.4) is 0 Å². The maximum absolute atomic E-state index is 12.5. The number of Topliss-reactive ketones (excluding diaryl/α,β-unsaturated/α-hetero) is 1. The van der Waals surface area contributed by atoms with Crippen molar-refractivity contribution in [3.05, 3.63) is 12.2 Å². The molecule has 0 heterocycles. The van der Waals surface area contributed by atoms with Gasteiger partial charge in [-0.25, -0.2) is 0 Å². The zero-order valence-electron chi connectivity index (χ0n) is 12.8. The lowest BCUT2D eigenvalue weighted by atomic mass is 9.68. The van der Waals surface area contributed by atoms with Gasteiger partial charge in [0, 0.05) is 17.8 Å². The predicted molar refractivity (Wildman–Crippen MR) is 75.7 cm³/mol. The van der Waals surface area contributed by atoms with Crippen LogP contribution in [-0.4, -0.2) is 17.9 Å². The van der Waals surface area contributed by atoms with Gasteiger partial charge in [0.2, 0.25) is 0 Å². The molecule has 0 bridgehead atoms. The Morgan fingerprint density at radius 1 is 1.32 bits per heavy atom. The minimum atomic E-state index is -0.308. The Morgan fingerprint density at radius 3 is 2.47 bits per heavy atom. The lowest BCUT2D eigenvalue weighted by molar-refractivity contribution is -0.145. The molecule has 0 fully saturated rings. The van der Waals surface area contributed by atoms with Crippen LogP contribution in [0.15, 0.2) is 12.2 Å². The SMILES string of the molecule is CC(=O)OC1/C=C/CC(C)(C(=O)C(C)(C)C)CCC1. The largest absolute Gasteiger partial charge is 0.458 e. The average molecular weight is 266 g/mol. The van der Waals surface area contributed by atoms with Crippen molar-refractivity contribution in [2.75, 3.05) is 0 Å². The summed E-state index contributed by atoms with van der Waals surface area (Å²) in [5.41, 5.74) is -0.604. The molecule has 19 heavy (non-hydrogen) atoms. The van der Waals surface area contributed by atoms with Crippen molar-refractivity contribution in [3.8, 4) is 0 Å². The van der Waals surface area contributed by atoms with Crippen molar-refractivity contribution in [2.45, 2.75) is 66.4 Å². The highest BCUT2D eigenvalue weighted by Gasteiger charge is 2.39. The van der Waals surface area contributed by atoms with E-state index in [0.717, 1.165) is 25.7 Å². The summed E-state index contributed by atoms with van der Waals surface area (Å²) in [4.78, 5) is 23.5. The first-order valence-corrected chi connectivity index (χ1v) is 7.04. The molecular weight excluding hydrogens is 240 g/mol. The van der Waals surface area contributed by atoms with Crippen LogP contribution in [-0.2, 0) is 14.3 Å². The first-order valence-electron chi connectivity index (χ1n) is 7.04.